The summed E-state index contributed by atoms with van der Waals surface area (Å²) in [6, 6.07) is 6.93. The molecule has 0 bridgehead atoms. The number of carbonyl (C=O) groups excluding carboxylic acids is 1. The van der Waals surface area contributed by atoms with Crippen molar-refractivity contribution in [3.8, 4) is 0 Å². The summed E-state index contributed by atoms with van der Waals surface area (Å²) in [7, 11) is 0. The number of carbonyl (C=O) groups is 1. The van der Waals surface area contributed by atoms with Gasteiger partial charge in [0.05, 0.1) is 0 Å². The van der Waals surface area contributed by atoms with Crippen LogP contribution in [0.25, 0.3) is 0 Å². The molecule has 3 nitrogen and oxygen atoms in total. The highest BCUT2D eigenvalue weighted by molar-refractivity contribution is 5.96. The van der Waals surface area contributed by atoms with E-state index in [9.17, 15) is 4.79 Å². The summed E-state index contributed by atoms with van der Waals surface area (Å²) in [4.78, 5) is 12.1. The van der Waals surface area contributed by atoms with Crippen LogP contribution in [0.4, 0.5) is 0 Å². The molecule has 1 fully saturated rings. The first-order chi connectivity index (χ1) is 10.3. The van der Waals surface area contributed by atoms with E-state index in [2.05, 4.69) is 35.8 Å². The van der Waals surface area contributed by atoms with Crippen molar-refractivity contribution < 1.29 is 4.79 Å². The predicted octanol–water partition coefficient (Wildman–Crippen LogP) is 3.20. The third-order valence-electron chi connectivity index (χ3n) is 4.96. The van der Waals surface area contributed by atoms with Crippen LogP contribution in [0.5, 0.6) is 0 Å². The Labute approximate surface area is 127 Å². The van der Waals surface area contributed by atoms with Crippen LogP contribution in [-0.4, -0.2) is 19.0 Å². The first-order valence-corrected chi connectivity index (χ1v) is 8.44. The van der Waals surface area contributed by atoms with Crippen molar-refractivity contribution in [1.29, 1.82) is 0 Å². The molecule has 1 aliphatic heterocycles. The number of amides is 1. The molecule has 1 atom stereocenters. The lowest BCUT2D eigenvalue weighted by Crippen LogP contribution is -2.33. The fourth-order valence-corrected chi connectivity index (χ4v) is 3.87. The zero-order valence-electron chi connectivity index (χ0n) is 13.0. The van der Waals surface area contributed by atoms with Gasteiger partial charge in [0.1, 0.15) is 0 Å². The summed E-state index contributed by atoms with van der Waals surface area (Å²) in [6.07, 6.45) is 7.64. The molecule has 1 unspecified atom stereocenters. The molecule has 114 valence electrons. The van der Waals surface area contributed by atoms with Gasteiger partial charge in [-0.25, -0.2) is 0 Å². The van der Waals surface area contributed by atoms with E-state index in [1.807, 2.05) is 0 Å². The molecule has 3 heteroatoms. The number of nitrogens with one attached hydrogen (secondary N) is 2. The van der Waals surface area contributed by atoms with Crippen LogP contribution >= 0.6 is 0 Å². The summed E-state index contributed by atoms with van der Waals surface area (Å²) in [5.74, 6) is 0.806. The summed E-state index contributed by atoms with van der Waals surface area (Å²) in [5.41, 5.74) is 3.37. The molecule has 0 saturated heterocycles. The molecule has 3 rings (SSSR count). The molecule has 0 aromatic heterocycles. The second-order valence-electron chi connectivity index (χ2n) is 6.36. The minimum absolute atomic E-state index is 0.0944. The smallest absolute Gasteiger partial charge is 0.251 e. The van der Waals surface area contributed by atoms with E-state index >= 15 is 0 Å². The van der Waals surface area contributed by atoms with Crippen molar-refractivity contribution >= 4 is 5.91 Å². The van der Waals surface area contributed by atoms with Gasteiger partial charge in [0.2, 0.25) is 0 Å². The largest absolute Gasteiger partial charge is 0.352 e. The van der Waals surface area contributed by atoms with E-state index in [1.54, 1.807) is 0 Å². The lowest BCUT2D eigenvalue weighted by atomic mass is 9.80. The molecule has 0 radical (unpaired) electrons. The molecule has 1 saturated carbocycles. The Morgan fingerprint density at radius 2 is 2.10 bits per heavy atom. The number of hydrogen-bond acceptors (Lipinski definition) is 2. The van der Waals surface area contributed by atoms with Gasteiger partial charge in [-0.05, 0) is 48.9 Å². The lowest BCUT2D eigenvalue weighted by Gasteiger charge is -2.32. The summed E-state index contributed by atoms with van der Waals surface area (Å²) in [5, 5.41) is 6.62. The number of hydrogen-bond donors (Lipinski definition) is 2. The minimum atomic E-state index is 0.0944. The van der Waals surface area contributed by atoms with Gasteiger partial charge in [-0.15, -0.1) is 0 Å². The molecule has 1 heterocycles. The Morgan fingerprint density at radius 1 is 1.29 bits per heavy atom. The van der Waals surface area contributed by atoms with Gasteiger partial charge in [0.15, 0.2) is 0 Å². The molecule has 2 aliphatic rings. The Kier molecular flexibility index (Phi) is 4.59. The van der Waals surface area contributed by atoms with Crippen molar-refractivity contribution in [1.82, 2.24) is 10.6 Å². The third-order valence-corrected chi connectivity index (χ3v) is 4.96. The van der Waals surface area contributed by atoms with Crippen molar-refractivity contribution in [3.05, 3.63) is 34.9 Å². The first-order valence-electron chi connectivity index (χ1n) is 8.44. The van der Waals surface area contributed by atoms with Gasteiger partial charge in [-0.3, -0.25) is 4.79 Å². The highest BCUT2D eigenvalue weighted by Crippen LogP contribution is 2.35. The van der Waals surface area contributed by atoms with Crippen LogP contribution in [0, 0.1) is 5.92 Å². The standard InChI is InChI=1S/C18H26N2O/c1-2-19-17(14-6-4-3-5-7-14)15-9-8-13-10-11-20-18(21)16(13)12-15/h8-9,12,14,17,19H,2-7,10-11H2,1H3,(H,20,21). The van der Waals surface area contributed by atoms with Crippen LogP contribution < -0.4 is 10.6 Å². The molecule has 2 N–H and O–H groups in total. The van der Waals surface area contributed by atoms with Gasteiger partial charge in [0.25, 0.3) is 5.91 Å². The maximum Gasteiger partial charge on any atom is 0.251 e. The Balaban J connectivity index is 1.88. The minimum Gasteiger partial charge on any atom is -0.352 e. The van der Waals surface area contributed by atoms with Crippen LogP contribution in [0.3, 0.4) is 0 Å². The van der Waals surface area contributed by atoms with E-state index in [-0.39, 0.29) is 5.91 Å². The van der Waals surface area contributed by atoms with Crippen molar-refractivity contribution in [2.45, 2.75) is 51.5 Å². The highest BCUT2D eigenvalue weighted by atomic mass is 16.1. The second kappa shape index (κ2) is 6.61. The van der Waals surface area contributed by atoms with Crippen molar-refractivity contribution in [2.75, 3.05) is 13.1 Å². The van der Waals surface area contributed by atoms with Crippen LogP contribution in [0.2, 0.25) is 0 Å². The average Bonchev–Trinajstić information content (AvgIpc) is 2.54. The monoisotopic (exact) mass is 286 g/mol. The molecule has 1 aliphatic carbocycles. The molecule has 1 aromatic rings. The van der Waals surface area contributed by atoms with Gasteiger partial charge in [-0.2, -0.15) is 0 Å². The summed E-state index contributed by atoms with van der Waals surface area (Å²) < 4.78 is 0. The third kappa shape index (κ3) is 3.13. The Morgan fingerprint density at radius 3 is 2.86 bits per heavy atom. The fourth-order valence-electron chi connectivity index (χ4n) is 3.87. The van der Waals surface area contributed by atoms with E-state index < -0.39 is 0 Å². The van der Waals surface area contributed by atoms with Gasteiger partial charge in [0, 0.05) is 18.2 Å². The molecular formula is C18H26N2O. The quantitative estimate of drug-likeness (QED) is 0.892. The number of benzene rings is 1. The second-order valence-corrected chi connectivity index (χ2v) is 6.36. The molecule has 1 aromatic carbocycles. The number of rotatable bonds is 4. The molecule has 1 amide bonds. The van der Waals surface area contributed by atoms with Crippen LogP contribution in [0.15, 0.2) is 18.2 Å². The Bertz CT molecular complexity index is 506. The maximum absolute atomic E-state index is 12.1. The van der Waals surface area contributed by atoms with Crippen LogP contribution in [0.1, 0.15) is 66.6 Å². The van der Waals surface area contributed by atoms with Gasteiger partial charge >= 0.3 is 0 Å². The molecule has 0 spiro atoms. The predicted molar refractivity (Wildman–Crippen MR) is 85.5 cm³/mol. The number of fused-ring (bicyclic) bond motifs is 1. The van der Waals surface area contributed by atoms with E-state index in [0.717, 1.165) is 25.1 Å². The van der Waals surface area contributed by atoms with E-state index in [1.165, 1.54) is 43.2 Å². The fraction of sp³-hybridized carbons (Fsp3) is 0.611. The van der Waals surface area contributed by atoms with E-state index in [4.69, 9.17) is 0 Å². The average molecular weight is 286 g/mol. The topological polar surface area (TPSA) is 41.1 Å². The zero-order chi connectivity index (χ0) is 14.7. The summed E-state index contributed by atoms with van der Waals surface area (Å²) >= 11 is 0. The van der Waals surface area contributed by atoms with Gasteiger partial charge in [-0.1, -0.05) is 38.3 Å². The normalized spacial score (nSPS) is 20.7. The van der Waals surface area contributed by atoms with Crippen LogP contribution in [-0.2, 0) is 6.42 Å². The Hall–Kier alpha value is -1.35. The van der Waals surface area contributed by atoms with Crippen molar-refractivity contribution in [3.63, 3.8) is 0 Å². The summed E-state index contributed by atoms with van der Waals surface area (Å²) in [6.45, 7) is 3.91. The molecular weight excluding hydrogens is 260 g/mol. The SMILES string of the molecule is CCNC(c1ccc2c(c1)C(=O)NCC2)C1CCCCC1. The first kappa shape index (κ1) is 14.6. The van der Waals surface area contributed by atoms with E-state index in [0.29, 0.717) is 12.0 Å². The highest BCUT2D eigenvalue weighted by Gasteiger charge is 2.26. The van der Waals surface area contributed by atoms with Gasteiger partial charge < -0.3 is 10.6 Å². The zero-order valence-corrected chi connectivity index (χ0v) is 13.0. The molecule has 21 heavy (non-hydrogen) atoms. The van der Waals surface area contributed by atoms with Crippen molar-refractivity contribution in [2.24, 2.45) is 5.92 Å². The lowest BCUT2D eigenvalue weighted by molar-refractivity contribution is 0.0945. The maximum atomic E-state index is 12.1.